The van der Waals surface area contributed by atoms with Crippen LogP contribution in [-0.4, -0.2) is 28.1 Å². The molecule has 0 spiro atoms. The smallest absolute Gasteiger partial charge is 0.302 e. The van der Waals surface area contributed by atoms with Crippen molar-refractivity contribution in [2.45, 2.75) is 37.8 Å². The molecule has 0 amide bonds. The van der Waals surface area contributed by atoms with E-state index in [-0.39, 0.29) is 22.8 Å². The van der Waals surface area contributed by atoms with Gasteiger partial charge in [0.2, 0.25) is 0 Å². The van der Waals surface area contributed by atoms with Crippen LogP contribution in [0.2, 0.25) is 0 Å². The Hall–Kier alpha value is -2.26. The van der Waals surface area contributed by atoms with E-state index in [4.69, 9.17) is 17.0 Å². The van der Waals surface area contributed by atoms with Gasteiger partial charge in [0.25, 0.3) is 0 Å². The number of thiocarbonyl (C=S) groups is 1. The van der Waals surface area contributed by atoms with Gasteiger partial charge in [-0.15, -0.1) is 0 Å². The Morgan fingerprint density at radius 2 is 1.82 bits per heavy atom. The van der Waals surface area contributed by atoms with E-state index in [9.17, 15) is 8.78 Å². The summed E-state index contributed by atoms with van der Waals surface area (Å²) in [6.45, 7) is 3.45. The second-order valence-electron chi connectivity index (χ2n) is 7.26. The zero-order chi connectivity index (χ0) is 20.7. The van der Waals surface area contributed by atoms with E-state index < -0.39 is 28.7 Å². The minimum Gasteiger partial charge on any atom is -0.363 e. The molecule has 1 aromatic heterocycles. The van der Waals surface area contributed by atoms with Crippen LogP contribution in [0.1, 0.15) is 26.3 Å². The number of pyridine rings is 1. The van der Waals surface area contributed by atoms with Crippen molar-refractivity contribution in [2.24, 2.45) is 0 Å². The molecule has 1 fully saturated rings. The Balaban J connectivity index is 2.09. The van der Waals surface area contributed by atoms with Gasteiger partial charge in [-0.05, 0) is 39.0 Å². The Kier molecular flexibility index (Phi) is 5.09. The summed E-state index contributed by atoms with van der Waals surface area (Å²) < 4.78 is 64.2. The molecule has 0 bridgehead atoms. The molecular weight excluding hydrogens is 394 g/mol. The predicted octanol–water partition coefficient (Wildman–Crippen LogP) is 4.68. The largest absolute Gasteiger partial charge is 0.363 e. The van der Waals surface area contributed by atoms with Crippen molar-refractivity contribution >= 4 is 28.6 Å². The molecule has 2 heterocycles. The third-order valence-electron chi connectivity index (χ3n) is 4.84. The zero-order valence-corrected chi connectivity index (χ0v) is 16.3. The van der Waals surface area contributed by atoms with E-state index in [0.717, 1.165) is 12.3 Å². The highest BCUT2D eigenvalue weighted by molar-refractivity contribution is 7.80. The van der Waals surface area contributed by atoms with Crippen molar-refractivity contribution in [3.63, 3.8) is 0 Å². The molecule has 9 heteroatoms. The van der Waals surface area contributed by atoms with Crippen molar-refractivity contribution in [3.05, 3.63) is 53.9 Å². The van der Waals surface area contributed by atoms with Gasteiger partial charge in [0, 0.05) is 17.3 Å². The van der Waals surface area contributed by atoms with E-state index in [1.165, 1.54) is 45.2 Å². The number of aromatic nitrogens is 1. The highest BCUT2D eigenvalue weighted by Crippen LogP contribution is 2.48. The molecule has 0 saturated carbocycles. The predicted molar refractivity (Wildman–Crippen MR) is 102 cm³/mol. The summed E-state index contributed by atoms with van der Waals surface area (Å²) in [7, 11) is 0. The van der Waals surface area contributed by atoms with E-state index >= 15 is 8.78 Å². The van der Waals surface area contributed by atoms with Crippen LogP contribution in [0.5, 0.6) is 0 Å². The first kappa shape index (κ1) is 20.5. The van der Waals surface area contributed by atoms with Crippen LogP contribution in [0.15, 0.2) is 36.7 Å². The molecule has 1 aliphatic rings. The average Bonchev–Trinajstić information content (AvgIpc) is 2.66. The average molecular weight is 413 g/mol. The van der Waals surface area contributed by atoms with E-state index in [2.05, 4.69) is 15.6 Å². The number of anilines is 2. The second-order valence-corrected chi connectivity index (χ2v) is 7.75. The molecule has 150 valence electrons. The Morgan fingerprint density at radius 1 is 1.11 bits per heavy atom. The Labute approximate surface area is 165 Å². The molecule has 2 aromatic rings. The summed E-state index contributed by atoms with van der Waals surface area (Å²) in [5.41, 5.74) is -3.80. The number of nitrogens with zero attached hydrogens (tertiary/aromatic N) is 1. The monoisotopic (exact) mass is 413 g/mol. The van der Waals surface area contributed by atoms with Crippen molar-refractivity contribution < 1.29 is 22.3 Å². The van der Waals surface area contributed by atoms with Crippen LogP contribution < -0.4 is 10.6 Å². The number of nitrogens with one attached hydrogen (secondary N) is 2. The van der Waals surface area contributed by atoms with E-state index in [1.54, 1.807) is 0 Å². The Bertz CT molecular complexity index is 922. The first-order valence-electron chi connectivity index (χ1n) is 8.47. The Morgan fingerprint density at radius 3 is 2.50 bits per heavy atom. The van der Waals surface area contributed by atoms with Gasteiger partial charge in [0.1, 0.15) is 27.8 Å². The maximum absolute atomic E-state index is 15.4. The standard InChI is InChI=1S/C19H19F4N3OS/c1-17(2)19(22,23)18(3,26-16(28)10-27-17)14-7-12(4-5-15(14)21)25-13-6-11(20)8-24-9-13/h4-9,25H,10H2,1-3H3,(H,26,28)/t18-/m1/s1. The number of halogens is 4. The van der Waals surface area contributed by atoms with Gasteiger partial charge in [-0.25, -0.2) is 17.6 Å². The summed E-state index contributed by atoms with van der Waals surface area (Å²) in [5, 5.41) is 5.41. The molecule has 28 heavy (non-hydrogen) atoms. The maximum Gasteiger partial charge on any atom is 0.302 e. The molecule has 1 atom stereocenters. The fraction of sp³-hybridized carbons (Fsp3) is 0.368. The number of hydrogen-bond acceptors (Lipinski definition) is 4. The van der Waals surface area contributed by atoms with Gasteiger partial charge in [0.15, 0.2) is 0 Å². The van der Waals surface area contributed by atoms with Crippen LogP contribution in [0.25, 0.3) is 0 Å². The van der Waals surface area contributed by atoms with Crippen LogP contribution in [0.4, 0.5) is 28.9 Å². The number of hydrogen-bond donors (Lipinski definition) is 2. The summed E-state index contributed by atoms with van der Waals surface area (Å²) >= 11 is 5.08. The third-order valence-corrected chi connectivity index (χ3v) is 5.06. The quantitative estimate of drug-likeness (QED) is 0.565. The molecule has 2 N–H and O–H groups in total. The molecular formula is C19H19F4N3OS. The summed E-state index contributed by atoms with van der Waals surface area (Å²) in [5.74, 6) is -4.93. The lowest BCUT2D eigenvalue weighted by atomic mass is 9.77. The molecule has 1 aliphatic heterocycles. The second kappa shape index (κ2) is 6.97. The van der Waals surface area contributed by atoms with Gasteiger partial charge < -0.3 is 15.4 Å². The summed E-state index contributed by atoms with van der Waals surface area (Å²) in [6, 6.07) is 4.85. The minimum absolute atomic E-state index is 0.0415. The number of alkyl halides is 2. The lowest BCUT2D eigenvalue weighted by Gasteiger charge is -2.44. The minimum atomic E-state index is -3.53. The first-order chi connectivity index (χ1) is 13.0. The number of rotatable bonds is 3. The molecule has 4 nitrogen and oxygen atoms in total. The number of benzene rings is 1. The number of ether oxygens (including phenoxy) is 1. The van der Waals surface area contributed by atoms with Crippen molar-refractivity contribution in [1.29, 1.82) is 0 Å². The topological polar surface area (TPSA) is 46.2 Å². The van der Waals surface area contributed by atoms with Crippen LogP contribution in [0.3, 0.4) is 0 Å². The zero-order valence-electron chi connectivity index (χ0n) is 15.4. The molecule has 0 radical (unpaired) electrons. The van der Waals surface area contributed by atoms with E-state index in [1.807, 2.05) is 0 Å². The normalized spacial score (nSPS) is 23.6. The van der Waals surface area contributed by atoms with Crippen LogP contribution >= 0.6 is 12.2 Å². The highest BCUT2D eigenvalue weighted by Gasteiger charge is 2.64. The van der Waals surface area contributed by atoms with Gasteiger partial charge in [-0.1, -0.05) is 12.2 Å². The van der Waals surface area contributed by atoms with Crippen LogP contribution in [0, 0.1) is 11.6 Å². The highest BCUT2D eigenvalue weighted by atomic mass is 32.1. The SMILES string of the molecule is CC1(C)OCC(=S)N[C@](C)(c2cc(Nc3cncc(F)c3)ccc2F)C1(F)F. The summed E-state index contributed by atoms with van der Waals surface area (Å²) in [6.07, 6.45) is 2.39. The van der Waals surface area contributed by atoms with Crippen LogP contribution in [-0.2, 0) is 10.3 Å². The van der Waals surface area contributed by atoms with E-state index in [0.29, 0.717) is 5.69 Å². The van der Waals surface area contributed by atoms with Crippen molar-refractivity contribution in [1.82, 2.24) is 10.3 Å². The lowest BCUT2D eigenvalue weighted by Crippen LogP contribution is -2.62. The van der Waals surface area contributed by atoms with Gasteiger partial charge in [-0.2, -0.15) is 0 Å². The van der Waals surface area contributed by atoms with Crippen molar-refractivity contribution in [2.75, 3.05) is 11.9 Å². The fourth-order valence-electron chi connectivity index (χ4n) is 3.20. The summed E-state index contributed by atoms with van der Waals surface area (Å²) in [4.78, 5) is 3.75. The first-order valence-corrected chi connectivity index (χ1v) is 8.87. The molecule has 0 aliphatic carbocycles. The molecule has 3 rings (SSSR count). The van der Waals surface area contributed by atoms with Crippen molar-refractivity contribution in [3.8, 4) is 0 Å². The van der Waals surface area contributed by atoms with Gasteiger partial charge in [0.05, 0.1) is 24.7 Å². The van der Waals surface area contributed by atoms with Gasteiger partial charge >= 0.3 is 5.92 Å². The fourth-order valence-corrected chi connectivity index (χ4v) is 3.46. The van der Waals surface area contributed by atoms with Gasteiger partial charge in [-0.3, -0.25) is 4.98 Å². The third kappa shape index (κ3) is 3.44. The molecule has 1 aromatic carbocycles. The maximum atomic E-state index is 15.4. The lowest BCUT2D eigenvalue weighted by molar-refractivity contribution is -0.216. The molecule has 0 unspecified atom stereocenters. The molecule has 1 saturated heterocycles.